The highest BCUT2D eigenvalue weighted by atomic mass is 16.4. The second-order valence-corrected chi connectivity index (χ2v) is 4.29. The monoisotopic (exact) mass is 286 g/mol. The molecular weight excluding hydrogens is 272 g/mol. The molecule has 21 heavy (non-hydrogen) atoms. The van der Waals surface area contributed by atoms with Gasteiger partial charge in [0.1, 0.15) is 5.76 Å². The molecule has 0 aliphatic heterocycles. The van der Waals surface area contributed by atoms with E-state index in [1.807, 2.05) is 18.2 Å². The van der Waals surface area contributed by atoms with Crippen LogP contribution in [0.25, 0.3) is 10.4 Å². The van der Waals surface area contributed by atoms with Crippen LogP contribution < -0.4 is 5.32 Å². The minimum absolute atomic E-state index is 0.0520. The van der Waals surface area contributed by atoms with E-state index in [1.54, 1.807) is 18.2 Å². The van der Waals surface area contributed by atoms with E-state index in [2.05, 4.69) is 15.3 Å². The van der Waals surface area contributed by atoms with Gasteiger partial charge in [-0.2, -0.15) is 0 Å². The number of aliphatic hydroxyl groups is 1. The number of amides is 1. The Balaban J connectivity index is 1.89. The predicted molar refractivity (Wildman–Crippen MR) is 75.3 cm³/mol. The molecule has 0 saturated heterocycles. The molecule has 1 amide bonds. The van der Waals surface area contributed by atoms with Crippen LogP contribution >= 0.6 is 0 Å². The molecular formula is C14H14N4O3. The zero-order valence-electron chi connectivity index (χ0n) is 11.1. The zero-order valence-corrected chi connectivity index (χ0v) is 11.1. The minimum atomic E-state index is -0.784. The molecule has 7 heteroatoms. The standard InChI is InChI=1S/C14H14N4O3/c15-18-17-8-11-6-7-13(21-11)14(20)16-9-12(19)10-4-2-1-3-5-10/h1-7,12,19H,8-9H2,(H,16,20). The van der Waals surface area contributed by atoms with E-state index >= 15 is 0 Å². The normalized spacial score (nSPS) is 11.5. The maximum absolute atomic E-state index is 11.8. The summed E-state index contributed by atoms with van der Waals surface area (Å²) in [5.74, 6) is 0.0807. The third kappa shape index (κ3) is 4.10. The van der Waals surface area contributed by atoms with Gasteiger partial charge in [-0.25, -0.2) is 0 Å². The van der Waals surface area contributed by atoms with Crippen molar-refractivity contribution in [2.75, 3.05) is 6.54 Å². The lowest BCUT2D eigenvalue weighted by Crippen LogP contribution is -2.28. The van der Waals surface area contributed by atoms with Crippen LogP contribution in [0, 0.1) is 0 Å². The molecule has 0 aliphatic carbocycles. The van der Waals surface area contributed by atoms with Gasteiger partial charge in [0.2, 0.25) is 0 Å². The Labute approximate surface area is 120 Å². The molecule has 0 aliphatic rings. The number of hydrogen-bond donors (Lipinski definition) is 2. The molecule has 1 heterocycles. The first-order valence-electron chi connectivity index (χ1n) is 6.31. The summed E-state index contributed by atoms with van der Waals surface area (Å²) in [5.41, 5.74) is 8.93. The average Bonchev–Trinajstić information content (AvgIpc) is 3.00. The van der Waals surface area contributed by atoms with Crippen molar-refractivity contribution in [2.45, 2.75) is 12.6 Å². The number of azide groups is 1. The smallest absolute Gasteiger partial charge is 0.287 e. The Morgan fingerprint density at radius 2 is 2.10 bits per heavy atom. The Kier molecular flexibility index (Phi) is 4.98. The summed E-state index contributed by atoms with van der Waals surface area (Å²) in [6.07, 6.45) is -0.784. The molecule has 7 nitrogen and oxygen atoms in total. The SMILES string of the molecule is [N-]=[N+]=NCc1ccc(C(=O)NCC(O)c2ccccc2)o1. The molecule has 1 aromatic heterocycles. The number of hydrogen-bond acceptors (Lipinski definition) is 4. The van der Waals surface area contributed by atoms with Gasteiger partial charge < -0.3 is 14.8 Å². The number of carbonyl (C=O) groups is 1. The molecule has 0 bridgehead atoms. The Morgan fingerprint density at radius 1 is 1.33 bits per heavy atom. The van der Waals surface area contributed by atoms with Gasteiger partial charge in [-0.05, 0) is 23.2 Å². The van der Waals surface area contributed by atoms with E-state index in [1.165, 1.54) is 6.07 Å². The van der Waals surface area contributed by atoms with Crippen LogP contribution in [0.1, 0.15) is 28.0 Å². The molecule has 108 valence electrons. The highest BCUT2D eigenvalue weighted by molar-refractivity contribution is 5.91. The number of furan rings is 1. The van der Waals surface area contributed by atoms with Crippen LogP contribution in [0.2, 0.25) is 0 Å². The number of nitrogens with zero attached hydrogens (tertiary/aromatic N) is 3. The lowest BCUT2D eigenvalue weighted by atomic mass is 10.1. The second-order valence-electron chi connectivity index (χ2n) is 4.29. The first-order chi connectivity index (χ1) is 10.2. The van der Waals surface area contributed by atoms with Crippen molar-refractivity contribution in [3.05, 3.63) is 70.0 Å². The molecule has 1 aromatic carbocycles. The summed E-state index contributed by atoms with van der Waals surface area (Å²) in [5, 5.41) is 15.9. The largest absolute Gasteiger partial charge is 0.456 e. The fraction of sp³-hybridized carbons (Fsp3) is 0.214. The lowest BCUT2D eigenvalue weighted by molar-refractivity contribution is 0.0887. The summed E-state index contributed by atoms with van der Waals surface area (Å²) >= 11 is 0. The van der Waals surface area contributed by atoms with Gasteiger partial charge in [-0.15, -0.1) is 0 Å². The Morgan fingerprint density at radius 3 is 2.81 bits per heavy atom. The summed E-state index contributed by atoms with van der Waals surface area (Å²) < 4.78 is 5.23. The topological polar surface area (TPSA) is 111 Å². The molecule has 2 aromatic rings. The van der Waals surface area contributed by atoms with Crippen molar-refractivity contribution in [1.29, 1.82) is 0 Å². The maximum Gasteiger partial charge on any atom is 0.287 e. The molecule has 2 N–H and O–H groups in total. The highest BCUT2D eigenvalue weighted by Gasteiger charge is 2.13. The van der Waals surface area contributed by atoms with Crippen LogP contribution in [0.15, 0.2) is 52.0 Å². The third-order valence-electron chi connectivity index (χ3n) is 2.82. The molecule has 0 radical (unpaired) electrons. The van der Waals surface area contributed by atoms with E-state index in [9.17, 15) is 9.90 Å². The third-order valence-corrected chi connectivity index (χ3v) is 2.82. The van der Waals surface area contributed by atoms with Crippen molar-refractivity contribution in [1.82, 2.24) is 5.32 Å². The average molecular weight is 286 g/mol. The van der Waals surface area contributed by atoms with E-state index in [-0.39, 0.29) is 18.8 Å². The van der Waals surface area contributed by atoms with Crippen LogP contribution in [-0.4, -0.2) is 17.6 Å². The van der Waals surface area contributed by atoms with Crippen LogP contribution in [0.5, 0.6) is 0 Å². The number of aliphatic hydroxyl groups excluding tert-OH is 1. The summed E-state index contributed by atoms with van der Waals surface area (Å²) in [4.78, 5) is 14.5. The maximum atomic E-state index is 11.8. The first-order valence-corrected chi connectivity index (χ1v) is 6.31. The summed E-state index contributed by atoms with van der Waals surface area (Å²) in [7, 11) is 0. The molecule has 0 saturated carbocycles. The summed E-state index contributed by atoms with van der Waals surface area (Å²) in [6, 6.07) is 12.1. The van der Waals surface area contributed by atoms with Crippen molar-refractivity contribution in [3.8, 4) is 0 Å². The summed E-state index contributed by atoms with van der Waals surface area (Å²) in [6.45, 7) is 0.131. The van der Waals surface area contributed by atoms with E-state index in [4.69, 9.17) is 9.95 Å². The fourth-order valence-corrected chi connectivity index (χ4v) is 1.76. The predicted octanol–water partition coefficient (Wildman–Crippen LogP) is 2.55. The number of rotatable bonds is 6. The van der Waals surface area contributed by atoms with Crippen molar-refractivity contribution in [3.63, 3.8) is 0 Å². The lowest BCUT2D eigenvalue weighted by Gasteiger charge is -2.11. The van der Waals surface area contributed by atoms with E-state index < -0.39 is 12.0 Å². The van der Waals surface area contributed by atoms with Gasteiger partial charge in [-0.1, -0.05) is 35.4 Å². The number of nitrogens with one attached hydrogen (secondary N) is 1. The highest BCUT2D eigenvalue weighted by Crippen LogP contribution is 2.12. The first kappa shape index (κ1) is 14.6. The van der Waals surface area contributed by atoms with Gasteiger partial charge in [0.15, 0.2) is 5.76 Å². The molecule has 2 rings (SSSR count). The van der Waals surface area contributed by atoms with Gasteiger partial charge in [0.05, 0.1) is 12.6 Å². The van der Waals surface area contributed by atoms with Crippen molar-refractivity contribution < 1.29 is 14.3 Å². The van der Waals surface area contributed by atoms with Crippen LogP contribution in [-0.2, 0) is 6.54 Å². The molecule has 1 unspecified atom stereocenters. The molecule has 0 fully saturated rings. The van der Waals surface area contributed by atoms with Gasteiger partial charge in [0, 0.05) is 11.5 Å². The molecule has 0 spiro atoms. The zero-order chi connectivity index (χ0) is 15.1. The van der Waals surface area contributed by atoms with E-state index in [0.29, 0.717) is 5.76 Å². The van der Waals surface area contributed by atoms with Crippen molar-refractivity contribution >= 4 is 5.91 Å². The van der Waals surface area contributed by atoms with Gasteiger partial charge in [-0.3, -0.25) is 4.79 Å². The van der Waals surface area contributed by atoms with Crippen LogP contribution in [0.3, 0.4) is 0 Å². The Bertz CT molecular complexity index is 647. The second kappa shape index (κ2) is 7.14. The quantitative estimate of drug-likeness (QED) is 0.483. The van der Waals surface area contributed by atoms with Gasteiger partial charge >= 0.3 is 0 Å². The van der Waals surface area contributed by atoms with Gasteiger partial charge in [0.25, 0.3) is 5.91 Å². The minimum Gasteiger partial charge on any atom is -0.456 e. The number of carbonyl (C=O) groups excluding carboxylic acids is 1. The Hall–Kier alpha value is -2.76. The fourth-order valence-electron chi connectivity index (χ4n) is 1.76. The van der Waals surface area contributed by atoms with Crippen molar-refractivity contribution in [2.24, 2.45) is 5.11 Å². The molecule has 1 atom stereocenters. The van der Waals surface area contributed by atoms with Crippen LogP contribution in [0.4, 0.5) is 0 Å². The van der Waals surface area contributed by atoms with E-state index in [0.717, 1.165) is 5.56 Å². The number of benzene rings is 1.